The van der Waals surface area contributed by atoms with Gasteiger partial charge < -0.3 is 10.2 Å². The maximum absolute atomic E-state index is 4.55. The second kappa shape index (κ2) is 4.57. The number of hydrogen-bond donors (Lipinski definition) is 1. The molecule has 1 aliphatic rings. The fraction of sp³-hybridized carbons (Fsp3) is 0.636. The van der Waals surface area contributed by atoms with Crippen LogP contribution in [0.15, 0.2) is 12.3 Å². The molecule has 1 aliphatic heterocycles. The van der Waals surface area contributed by atoms with Crippen LogP contribution in [0.1, 0.15) is 31.0 Å². The lowest BCUT2D eigenvalue weighted by molar-refractivity contribution is 0.405. The minimum absolute atomic E-state index is 0.417. The van der Waals surface area contributed by atoms with Crippen molar-refractivity contribution in [2.24, 2.45) is 0 Å². The maximum atomic E-state index is 4.55. The monoisotopic (exact) mass is 206 g/mol. The highest BCUT2D eigenvalue weighted by Gasteiger charge is 2.16. The van der Waals surface area contributed by atoms with Crippen molar-refractivity contribution in [2.45, 2.75) is 25.3 Å². The molecule has 0 spiro atoms. The fourth-order valence-corrected chi connectivity index (χ4v) is 1.88. The van der Waals surface area contributed by atoms with Crippen LogP contribution in [0.2, 0.25) is 0 Å². The molecular weight excluding hydrogens is 188 g/mol. The number of hydrogen-bond acceptors (Lipinski definition) is 4. The Kier molecular flexibility index (Phi) is 3.16. The van der Waals surface area contributed by atoms with Crippen LogP contribution in [0.3, 0.4) is 0 Å². The Balaban J connectivity index is 2.16. The maximum Gasteiger partial charge on any atom is 0.225 e. The summed E-state index contributed by atoms with van der Waals surface area (Å²) in [5.41, 5.74) is 1.12. The summed E-state index contributed by atoms with van der Waals surface area (Å²) in [5.74, 6) is 0.792. The van der Waals surface area contributed by atoms with Gasteiger partial charge >= 0.3 is 0 Å². The lowest BCUT2D eigenvalue weighted by Gasteiger charge is -2.23. The van der Waals surface area contributed by atoms with E-state index >= 15 is 0 Å². The first-order chi connectivity index (χ1) is 7.27. The molecule has 1 fully saturated rings. The molecule has 0 aliphatic carbocycles. The second-order valence-corrected chi connectivity index (χ2v) is 4.18. The molecule has 1 aromatic heterocycles. The van der Waals surface area contributed by atoms with Crippen molar-refractivity contribution in [3.05, 3.63) is 18.0 Å². The summed E-state index contributed by atoms with van der Waals surface area (Å²) in [6.45, 7) is 1.10. The summed E-state index contributed by atoms with van der Waals surface area (Å²) < 4.78 is 0. The Hall–Kier alpha value is -1.16. The van der Waals surface area contributed by atoms with Crippen LogP contribution < -0.4 is 10.2 Å². The molecule has 4 nitrogen and oxygen atoms in total. The van der Waals surface area contributed by atoms with Gasteiger partial charge in [0.15, 0.2) is 0 Å². The fourth-order valence-electron chi connectivity index (χ4n) is 1.88. The Morgan fingerprint density at radius 3 is 2.93 bits per heavy atom. The molecule has 0 saturated carbocycles. The smallest absolute Gasteiger partial charge is 0.225 e. The Bertz CT molecular complexity index is 318. The van der Waals surface area contributed by atoms with E-state index < -0.39 is 0 Å². The zero-order valence-electron chi connectivity index (χ0n) is 9.40. The molecule has 2 heterocycles. The zero-order valence-corrected chi connectivity index (χ0v) is 9.40. The lowest BCUT2D eigenvalue weighted by atomic mass is 10.0. The van der Waals surface area contributed by atoms with Crippen LogP contribution in [0, 0.1) is 0 Å². The van der Waals surface area contributed by atoms with Crippen molar-refractivity contribution in [2.75, 3.05) is 25.5 Å². The van der Waals surface area contributed by atoms with Gasteiger partial charge in [0.05, 0.1) is 5.69 Å². The van der Waals surface area contributed by atoms with E-state index in [4.69, 9.17) is 0 Å². The summed E-state index contributed by atoms with van der Waals surface area (Å²) >= 11 is 0. The van der Waals surface area contributed by atoms with Gasteiger partial charge in [-0.1, -0.05) is 6.42 Å². The van der Waals surface area contributed by atoms with E-state index in [-0.39, 0.29) is 0 Å². The first-order valence-corrected chi connectivity index (χ1v) is 5.51. The van der Waals surface area contributed by atoms with Crippen molar-refractivity contribution in [1.29, 1.82) is 0 Å². The summed E-state index contributed by atoms with van der Waals surface area (Å²) in [6.07, 6.45) is 5.60. The van der Waals surface area contributed by atoms with Gasteiger partial charge in [0, 0.05) is 26.3 Å². The van der Waals surface area contributed by atoms with E-state index in [0.29, 0.717) is 6.04 Å². The van der Waals surface area contributed by atoms with Crippen LogP contribution in [-0.2, 0) is 0 Å². The topological polar surface area (TPSA) is 41.1 Å². The molecule has 1 aromatic rings. The van der Waals surface area contributed by atoms with Crippen molar-refractivity contribution in [1.82, 2.24) is 15.3 Å². The Morgan fingerprint density at radius 2 is 2.27 bits per heavy atom. The normalized spacial score (nSPS) is 21.3. The Morgan fingerprint density at radius 1 is 1.40 bits per heavy atom. The summed E-state index contributed by atoms with van der Waals surface area (Å²) in [6, 6.07) is 2.43. The quantitative estimate of drug-likeness (QED) is 0.793. The number of nitrogens with zero attached hydrogens (tertiary/aromatic N) is 3. The van der Waals surface area contributed by atoms with Gasteiger partial charge in [-0.15, -0.1) is 0 Å². The summed E-state index contributed by atoms with van der Waals surface area (Å²) in [7, 11) is 3.93. The average Bonchev–Trinajstić information content (AvgIpc) is 2.30. The second-order valence-electron chi connectivity index (χ2n) is 4.18. The Labute approximate surface area is 90.7 Å². The van der Waals surface area contributed by atoms with Gasteiger partial charge in [0.25, 0.3) is 0 Å². The van der Waals surface area contributed by atoms with E-state index in [1.807, 2.05) is 31.3 Å². The molecule has 0 bridgehead atoms. The predicted molar refractivity (Wildman–Crippen MR) is 61.0 cm³/mol. The van der Waals surface area contributed by atoms with Crippen LogP contribution in [0.25, 0.3) is 0 Å². The molecular formula is C11H18N4. The van der Waals surface area contributed by atoms with E-state index in [1.165, 1.54) is 19.3 Å². The van der Waals surface area contributed by atoms with Gasteiger partial charge in [0.1, 0.15) is 0 Å². The molecule has 4 heteroatoms. The number of anilines is 1. The summed E-state index contributed by atoms with van der Waals surface area (Å²) in [4.78, 5) is 10.7. The van der Waals surface area contributed by atoms with Crippen molar-refractivity contribution < 1.29 is 0 Å². The highest BCUT2D eigenvalue weighted by Crippen LogP contribution is 2.21. The number of rotatable bonds is 2. The molecule has 0 unspecified atom stereocenters. The zero-order chi connectivity index (χ0) is 10.7. The van der Waals surface area contributed by atoms with Gasteiger partial charge in [-0.3, -0.25) is 0 Å². The minimum Gasteiger partial charge on any atom is -0.347 e. The first-order valence-electron chi connectivity index (χ1n) is 5.51. The molecule has 1 atom stereocenters. The molecule has 2 rings (SSSR count). The van der Waals surface area contributed by atoms with Crippen LogP contribution in [0.4, 0.5) is 5.95 Å². The first kappa shape index (κ1) is 10.4. The number of nitrogens with one attached hydrogen (secondary N) is 1. The molecule has 0 aromatic carbocycles. The third kappa shape index (κ3) is 2.45. The van der Waals surface area contributed by atoms with Gasteiger partial charge in [-0.05, 0) is 25.5 Å². The SMILES string of the molecule is CN(C)c1nccc([C@@H]2CCCCN2)n1. The predicted octanol–water partition coefficient (Wildman–Crippen LogP) is 1.36. The standard InChI is InChI=1S/C11H18N4/c1-15(2)11-13-8-6-10(14-11)9-5-3-4-7-12-9/h6,8-9,12H,3-5,7H2,1-2H3/t9-/m0/s1. The third-order valence-electron chi connectivity index (χ3n) is 2.73. The largest absolute Gasteiger partial charge is 0.347 e. The van der Waals surface area contributed by atoms with E-state index in [0.717, 1.165) is 18.2 Å². The molecule has 0 amide bonds. The van der Waals surface area contributed by atoms with E-state index in [1.54, 1.807) is 0 Å². The molecule has 15 heavy (non-hydrogen) atoms. The van der Waals surface area contributed by atoms with Gasteiger partial charge in [0.2, 0.25) is 5.95 Å². The average molecular weight is 206 g/mol. The number of aromatic nitrogens is 2. The highest BCUT2D eigenvalue weighted by atomic mass is 15.2. The van der Waals surface area contributed by atoms with Gasteiger partial charge in [-0.25, -0.2) is 9.97 Å². The number of piperidine rings is 1. The minimum atomic E-state index is 0.417. The van der Waals surface area contributed by atoms with Crippen molar-refractivity contribution >= 4 is 5.95 Å². The molecule has 1 N–H and O–H groups in total. The van der Waals surface area contributed by atoms with Crippen LogP contribution >= 0.6 is 0 Å². The lowest BCUT2D eigenvalue weighted by Crippen LogP contribution is -2.28. The van der Waals surface area contributed by atoms with Crippen molar-refractivity contribution in [3.8, 4) is 0 Å². The van der Waals surface area contributed by atoms with Crippen LogP contribution in [-0.4, -0.2) is 30.6 Å². The van der Waals surface area contributed by atoms with Crippen molar-refractivity contribution in [3.63, 3.8) is 0 Å². The van der Waals surface area contributed by atoms with E-state index in [9.17, 15) is 0 Å². The molecule has 1 saturated heterocycles. The highest BCUT2D eigenvalue weighted by molar-refractivity contribution is 5.28. The molecule has 82 valence electrons. The third-order valence-corrected chi connectivity index (χ3v) is 2.73. The van der Waals surface area contributed by atoms with E-state index in [2.05, 4.69) is 15.3 Å². The summed E-state index contributed by atoms with van der Waals surface area (Å²) in [5, 5.41) is 3.49. The van der Waals surface area contributed by atoms with Crippen LogP contribution in [0.5, 0.6) is 0 Å². The molecule has 0 radical (unpaired) electrons. The van der Waals surface area contributed by atoms with Gasteiger partial charge in [-0.2, -0.15) is 0 Å².